The number of hydrogen-bond donors (Lipinski definition) is 2. The summed E-state index contributed by atoms with van der Waals surface area (Å²) in [5, 5.41) is 12.6. The Morgan fingerprint density at radius 3 is 2.56 bits per heavy atom. The predicted molar refractivity (Wildman–Crippen MR) is 150 cm³/mol. The van der Waals surface area contributed by atoms with Crippen molar-refractivity contribution in [1.29, 1.82) is 0 Å². The lowest BCUT2D eigenvalue weighted by atomic mass is 9.85. The lowest BCUT2D eigenvalue weighted by Crippen LogP contribution is -2.50. The zero-order valence-electron chi connectivity index (χ0n) is 24.9. The SMILES string of the molecule is CC[C@H](OC)[C@@H](C)[C@H]1O[C@]1(C)C[C@H](C)/C=C/C=C(\C)[C@H]1O[C@@H](CC(=O)O)C[C@@H](OC(=O)N2CCNCC2)[C@@H]1C. The van der Waals surface area contributed by atoms with Crippen molar-refractivity contribution >= 4 is 12.1 Å². The summed E-state index contributed by atoms with van der Waals surface area (Å²) in [6.45, 7) is 15.4. The minimum absolute atomic E-state index is 0.0997. The maximum atomic E-state index is 12.8. The van der Waals surface area contributed by atoms with Crippen LogP contribution in [-0.2, 0) is 23.7 Å². The number of carboxylic acid groups (broad SMARTS) is 1. The molecule has 0 aromatic carbocycles. The molecule has 3 aliphatic rings. The molecular weight excluding hydrogens is 500 g/mol. The fraction of sp³-hybridized carbons (Fsp3) is 0.800. The Balaban J connectivity index is 1.61. The fourth-order valence-electron chi connectivity index (χ4n) is 6.34. The van der Waals surface area contributed by atoms with Crippen molar-refractivity contribution in [3.05, 3.63) is 23.8 Å². The van der Waals surface area contributed by atoms with Crippen molar-refractivity contribution in [2.75, 3.05) is 33.3 Å². The molecule has 0 aromatic rings. The molecule has 0 bridgehead atoms. The molecule has 222 valence electrons. The number of allylic oxidation sites excluding steroid dienone is 3. The number of piperazine rings is 1. The molecule has 39 heavy (non-hydrogen) atoms. The largest absolute Gasteiger partial charge is 0.481 e. The van der Waals surface area contributed by atoms with Gasteiger partial charge in [0.15, 0.2) is 0 Å². The van der Waals surface area contributed by atoms with Gasteiger partial charge in [-0.1, -0.05) is 45.9 Å². The van der Waals surface area contributed by atoms with Gasteiger partial charge < -0.3 is 34.3 Å². The van der Waals surface area contributed by atoms with Gasteiger partial charge in [0.2, 0.25) is 0 Å². The highest BCUT2D eigenvalue weighted by atomic mass is 16.6. The van der Waals surface area contributed by atoms with Crippen molar-refractivity contribution < 1.29 is 33.6 Å². The van der Waals surface area contributed by atoms with Gasteiger partial charge in [-0.15, -0.1) is 0 Å². The van der Waals surface area contributed by atoms with Gasteiger partial charge in [-0.05, 0) is 38.2 Å². The summed E-state index contributed by atoms with van der Waals surface area (Å²) >= 11 is 0. The molecule has 3 heterocycles. The number of nitrogens with one attached hydrogen (secondary N) is 1. The minimum Gasteiger partial charge on any atom is -0.481 e. The van der Waals surface area contributed by atoms with E-state index in [9.17, 15) is 14.7 Å². The van der Waals surface area contributed by atoms with Crippen LogP contribution < -0.4 is 5.32 Å². The Morgan fingerprint density at radius 1 is 1.26 bits per heavy atom. The molecule has 2 N–H and O–H groups in total. The van der Waals surface area contributed by atoms with E-state index in [2.05, 4.69) is 39.1 Å². The molecule has 3 rings (SSSR count). The van der Waals surface area contributed by atoms with Crippen LogP contribution in [0.2, 0.25) is 0 Å². The third-order valence-electron chi connectivity index (χ3n) is 8.61. The quantitative estimate of drug-likeness (QED) is 0.272. The highest BCUT2D eigenvalue weighted by molar-refractivity contribution is 5.68. The van der Waals surface area contributed by atoms with E-state index in [0.717, 1.165) is 31.5 Å². The van der Waals surface area contributed by atoms with Crippen LogP contribution in [0.3, 0.4) is 0 Å². The van der Waals surface area contributed by atoms with Crippen LogP contribution in [0.15, 0.2) is 23.8 Å². The second-order valence-electron chi connectivity index (χ2n) is 11.9. The van der Waals surface area contributed by atoms with E-state index in [1.54, 1.807) is 12.0 Å². The normalized spacial score (nSPS) is 34.0. The summed E-state index contributed by atoms with van der Waals surface area (Å²) in [6, 6.07) is 0. The van der Waals surface area contributed by atoms with E-state index in [1.807, 2.05) is 26.0 Å². The molecule has 0 unspecified atom stereocenters. The van der Waals surface area contributed by atoms with Gasteiger partial charge in [0.1, 0.15) is 6.10 Å². The summed E-state index contributed by atoms with van der Waals surface area (Å²) in [4.78, 5) is 26.0. The molecule has 9 atom stereocenters. The van der Waals surface area contributed by atoms with Gasteiger partial charge in [-0.2, -0.15) is 0 Å². The van der Waals surface area contributed by atoms with Gasteiger partial charge in [0.25, 0.3) is 0 Å². The number of aliphatic carboxylic acids is 1. The Bertz CT molecular complexity index is 883. The van der Waals surface area contributed by atoms with Crippen molar-refractivity contribution in [3.8, 4) is 0 Å². The number of ether oxygens (including phenoxy) is 4. The molecule has 9 nitrogen and oxygen atoms in total. The highest BCUT2D eigenvalue weighted by Crippen LogP contribution is 2.47. The molecular formula is C30H50N2O7. The maximum absolute atomic E-state index is 12.8. The van der Waals surface area contributed by atoms with Crippen molar-refractivity contribution in [1.82, 2.24) is 10.2 Å². The number of epoxide rings is 1. The Morgan fingerprint density at radius 2 is 1.95 bits per heavy atom. The van der Waals surface area contributed by atoms with E-state index >= 15 is 0 Å². The van der Waals surface area contributed by atoms with Crippen LogP contribution in [0.5, 0.6) is 0 Å². The van der Waals surface area contributed by atoms with Crippen LogP contribution in [0.1, 0.15) is 67.2 Å². The monoisotopic (exact) mass is 550 g/mol. The summed E-state index contributed by atoms with van der Waals surface area (Å²) < 4.78 is 23.9. The number of carbonyl (C=O) groups is 2. The molecule has 0 aliphatic carbocycles. The zero-order chi connectivity index (χ0) is 28.7. The van der Waals surface area contributed by atoms with Gasteiger partial charge in [0, 0.05) is 51.5 Å². The van der Waals surface area contributed by atoms with Gasteiger partial charge in [-0.3, -0.25) is 4.79 Å². The van der Waals surface area contributed by atoms with E-state index in [0.29, 0.717) is 31.3 Å². The molecule has 0 radical (unpaired) electrons. The smallest absolute Gasteiger partial charge is 0.410 e. The predicted octanol–water partition coefficient (Wildman–Crippen LogP) is 4.41. The number of amides is 1. The van der Waals surface area contributed by atoms with Crippen molar-refractivity contribution in [3.63, 3.8) is 0 Å². The first-order chi connectivity index (χ1) is 18.5. The maximum Gasteiger partial charge on any atom is 0.410 e. The van der Waals surface area contributed by atoms with Crippen molar-refractivity contribution in [2.24, 2.45) is 17.8 Å². The molecule has 3 fully saturated rings. The lowest BCUT2D eigenvalue weighted by molar-refractivity contribution is -0.151. The van der Waals surface area contributed by atoms with Crippen LogP contribution in [-0.4, -0.2) is 91.5 Å². The number of carboxylic acids is 1. The number of methoxy groups -OCH3 is 1. The fourth-order valence-corrected chi connectivity index (χ4v) is 6.34. The first-order valence-electron chi connectivity index (χ1n) is 14.6. The topological polar surface area (TPSA) is 110 Å². The molecule has 1 amide bonds. The molecule has 0 saturated carbocycles. The van der Waals surface area contributed by atoms with E-state index < -0.39 is 18.2 Å². The average Bonchev–Trinajstić information content (AvgIpc) is 3.56. The van der Waals surface area contributed by atoms with E-state index in [-0.39, 0.29) is 42.3 Å². The van der Waals surface area contributed by atoms with Crippen molar-refractivity contribution in [2.45, 2.75) is 103 Å². The molecule has 3 aliphatic heterocycles. The summed E-state index contributed by atoms with van der Waals surface area (Å²) in [5.74, 6) is -0.357. The third-order valence-corrected chi connectivity index (χ3v) is 8.61. The second-order valence-corrected chi connectivity index (χ2v) is 11.9. The summed E-state index contributed by atoms with van der Waals surface area (Å²) in [6.07, 6.45) is 7.23. The van der Waals surface area contributed by atoms with Gasteiger partial charge in [-0.25, -0.2) is 4.79 Å². The Hall–Kier alpha value is -1.94. The molecule has 3 saturated heterocycles. The molecule has 0 aromatic heterocycles. The number of nitrogens with zero attached hydrogens (tertiary/aromatic N) is 1. The number of rotatable bonds is 12. The second kappa shape index (κ2) is 14.1. The summed E-state index contributed by atoms with van der Waals surface area (Å²) in [7, 11) is 1.77. The van der Waals surface area contributed by atoms with Gasteiger partial charge in [0.05, 0.1) is 36.4 Å². The Labute approximate surface area is 234 Å². The first-order valence-corrected chi connectivity index (χ1v) is 14.6. The molecule has 9 heteroatoms. The lowest BCUT2D eigenvalue weighted by Gasteiger charge is -2.41. The van der Waals surface area contributed by atoms with Crippen LogP contribution >= 0.6 is 0 Å². The van der Waals surface area contributed by atoms with Crippen LogP contribution in [0, 0.1) is 17.8 Å². The van der Waals surface area contributed by atoms with Crippen LogP contribution in [0.4, 0.5) is 4.79 Å². The third kappa shape index (κ3) is 8.52. The Kier molecular flexibility index (Phi) is 11.4. The number of carbonyl (C=O) groups excluding carboxylic acids is 1. The first kappa shape index (κ1) is 31.6. The average molecular weight is 551 g/mol. The zero-order valence-corrected chi connectivity index (χ0v) is 24.9. The molecule has 0 spiro atoms. The standard InChI is InChI=1S/C30H50N2O7/c1-8-24(36-7)22(5)28-30(6,39-28)18-19(2)10-9-11-20(3)27-21(4)25(16-23(37-27)17-26(33)34)38-29(35)32-14-12-31-13-15-32/h9-11,19,21-25,27-28,31H,8,12-18H2,1-7H3,(H,33,34)/b10-9+,20-11+/t19-,21+,22-,23-,24+,25-,27-,28-,30-/m1/s1. The van der Waals surface area contributed by atoms with E-state index in [4.69, 9.17) is 18.9 Å². The van der Waals surface area contributed by atoms with Crippen LogP contribution in [0.25, 0.3) is 0 Å². The minimum atomic E-state index is -0.921. The van der Waals surface area contributed by atoms with E-state index in [1.165, 1.54) is 0 Å². The summed E-state index contributed by atoms with van der Waals surface area (Å²) in [5.41, 5.74) is 0.844. The number of hydrogen-bond acceptors (Lipinski definition) is 7. The van der Waals surface area contributed by atoms with Gasteiger partial charge >= 0.3 is 12.1 Å². The highest BCUT2D eigenvalue weighted by Gasteiger charge is 2.56.